The summed E-state index contributed by atoms with van der Waals surface area (Å²) in [7, 11) is 4.09. The quantitative estimate of drug-likeness (QED) is 0.860. The molecule has 4 nitrogen and oxygen atoms in total. The van der Waals surface area contributed by atoms with E-state index in [1.807, 2.05) is 69.6 Å². The molecular weight excluding hydrogens is 274 g/mol. The van der Waals surface area contributed by atoms with Crippen LogP contribution >= 0.6 is 0 Å². The third kappa shape index (κ3) is 4.90. The van der Waals surface area contributed by atoms with Gasteiger partial charge in [0.2, 0.25) is 0 Å². The van der Waals surface area contributed by atoms with Crippen LogP contribution in [0.15, 0.2) is 48.5 Å². The first-order chi connectivity index (χ1) is 10.5. The predicted molar refractivity (Wildman–Crippen MR) is 92.6 cm³/mol. The second kappa shape index (κ2) is 7.61. The van der Waals surface area contributed by atoms with E-state index in [9.17, 15) is 4.79 Å². The summed E-state index contributed by atoms with van der Waals surface area (Å²) in [5.41, 5.74) is 3.60. The lowest BCUT2D eigenvalue weighted by Crippen LogP contribution is -2.20. The van der Waals surface area contributed by atoms with Crippen molar-refractivity contribution in [1.82, 2.24) is 4.90 Å². The van der Waals surface area contributed by atoms with Gasteiger partial charge in [-0.25, -0.2) is 0 Å². The maximum absolute atomic E-state index is 12.2. The second-order valence-electron chi connectivity index (χ2n) is 5.63. The normalized spacial score (nSPS) is 10.5. The van der Waals surface area contributed by atoms with Crippen LogP contribution in [-0.2, 0) is 0 Å². The molecule has 2 N–H and O–H groups in total. The zero-order valence-electron chi connectivity index (χ0n) is 13.4. The van der Waals surface area contributed by atoms with Gasteiger partial charge in [-0.1, -0.05) is 17.7 Å². The van der Waals surface area contributed by atoms with E-state index in [0.29, 0.717) is 5.56 Å². The monoisotopic (exact) mass is 297 g/mol. The van der Waals surface area contributed by atoms with E-state index in [-0.39, 0.29) is 5.91 Å². The first kappa shape index (κ1) is 16.0. The Morgan fingerprint density at radius 2 is 1.73 bits per heavy atom. The molecule has 0 spiro atoms. The number of nitrogens with one attached hydrogen (secondary N) is 2. The Morgan fingerprint density at radius 3 is 2.36 bits per heavy atom. The fourth-order valence-corrected chi connectivity index (χ4v) is 2.08. The van der Waals surface area contributed by atoms with Crippen molar-refractivity contribution in [2.24, 2.45) is 0 Å². The maximum atomic E-state index is 12.2. The molecule has 1 amide bonds. The van der Waals surface area contributed by atoms with Crippen LogP contribution in [0, 0.1) is 6.92 Å². The molecule has 0 heterocycles. The lowest BCUT2D eigenvalue weighted by Gasteiger charge is -2.12. The van der Waals surface area contributed by atoms with Crippen molar-refractivity contribution >= 4 is 17.3 Å². The van der Waals surface area contributed by atoms with Gasteiger partial charge in [-0.3, -0.25) is 4.79 Å². The van der Waals surface area contributed by atoms with E-state index in [4.69, 9.17) is 0 Å². The average Bonchev–Trinajstić information content (AvgIpc) is 2.48. The van der Waals surface area contributed by atoms with E-state index >= 15 is 0 Å². The molecule has 0 atom stereocenters. The molecule has 0 aromatic heterocycles. The van der Waals surface area contributed by atoms with Crippen molar-refractivity contribution in [3.8, 4) is 0 Å². The zero-order valence-corrected chi connectivity index (χ0v) is 13.4. The highest BCUT2D eigenvalue weighted by Crippen LogP contribution is 2.15. The molecule has 2 aromatic rings. The van der Waals surface area contributed by atoms with Gasteiger partial charge in [0.1, 0.15) is 0 Å². The zero-order chi connectivity index (χ0) is 15.9. The largest absolute Gasteiger partial charge is 0.384 e. The lowest BCUT2D eigenvalue weighted by molar-refractivity contribution is 0.102. The van der Waals surface area contributed by atoms with Gasteiger partial charge in [-0.2, -0.15) is 0 Å². The minimum Gasteiger partial charge on any atom is -0.384 e. The molecule has 0 aliphatic rings. The minimum atomic E-state index is -0.0861. The first-order valence-electron chi connectivity index (χ1n) is 7.41. The SMILES string of the molecule is Cc1cccc(C(=O)Nc2ccc(NCCN(C)C)cc2)c1. The topological polar surface area (TPSA) is 44.4 Å². The summed E-state index contributed by atoms with van der Waals surface area (Å²) in [4.78, 5) is 14.3. The number of carbonyl (C=O) groups is 1. The van der Waals surface area contributed by atoms with Gasteiger partial charge < -0.3 is 15.5 Å². The summed E-state index contributed by atoms with van der Waals surface area (Å²) in [6, 6.07) is 15.3. The van der Waals surface area contributed by atoms with Crippen LogP contribution in [0.4, 0.5) is 11.4 Å². The Morgan fingerprint density at radius 1 is 1.05 bits per heavy atom. The number of anilines is 2. The number of amides is 1. The van der Waals surface area contributed by atoms with Crippen LogP contribution in [-0.4, -0.2) is 38.0 Å². The van der Waals surface area contributed by atoms with E-state index in [1.165, 1.54) is 0 Å². The number of hydrogen-bond donors (Lipinski definition) is 2. The molecule has 116 valence electrons. The van der Waals surface area contributed by atoms with Crippen LogP contribution in [0.1, 0.15) is 15.9 Å². The number of hydrogen-bond acceptors (Lipinski definition) is 3. The van der Waals surface area contributed by atoms with E-state index < -0.39 is 0 Å². The molecule has 2 aromatic carbocycles. The third-order valence-corrected chi connectivity index (χ3v) is 3.31. The van der Waals surface area contributed by atoms with E-state index in [1.54, 1.807) is 0 Å². The van der Waals surface area contributed by atoms with E-state index in [0.717, 1.165) is 30.0 Å². The summed E-state index contributed by atoms with van der Waals surface area (Å²) in [5, 5.41) is 6.25. The number of benzene rings is 2. The van der Waals surface area contributed by atoms with Gasteiger partial charge in [0.05, 0.1) is 0 Å². The highest BCUT2D eigenvalue weighted by Gasteiger charge is 2.05. The first-order valence-corrected chi connectivity index (χ1v) is 7.41. The number of likely N-dealkylation sites (N-methyl/N-ethyl adjacent to an activating group) is 1. The molecular formula is C18H23N3O. The van der Waals surface area contributed by atoms with Crippen LogP contribution in [0.2, 0.25) is 0 Å². The fraction of sp³-hybridized carbons (Fsp3) is 0.278. The van der Waals surface area contributed by atoms with Gasteiger partial charge in [-0.15, -0.1) is 0 Å². The Balaban J connectivity index is 1.92. The Kier molecular flexibility index (Phi) is 5.55. The molecule has 0 saturated carbocycles. The molecule has 0 fully saturated rings. The maximum Gasteiger partial charge on any atom is 0.255 e. The van der Waals surface area contributed by atoms with Crippen LogP contribution in [0.25, 0.3) is 0 Å². The molecule has 2 rings (SSSR count). The number of carbonyl (C=O) groups excluding carboxylic acids is 1. The highest BCUT2D eigenvalue weighted by atomic mass is 16.1. The minimum absolute atomic E-state index is 0.0861. The molecule has 0 unspecified atom stereocenters. The molecule has 0 saturated heterocycles. The van der Waals surface area contributed by atoms with Crippen molar-refractivity contribution in [2.75, 3.05) is 37.8 Å². The molecule has 4 heteroatoms. The van der Waals surface area contributed by atoms with Crippen molar-refractivity contribution < 1.29 is 4.79 Å². The highest BCUT2D eigenvalue weighted by molar-refractivity contribution is 6.04. The molecule has 0 aliphatic heterocycles. The second-order valence-corrected chi connectivity index (χ2v) is 5.63. The summed E-state index contributed by atoms with van der Waals surface area (Å²) in [6.07, 6.45) is 0. The van der Waals surface area contributed by atoms with Crippen molar-refractivity contribution in [3.05, 3.63) is 59.7 Å². The smallest absolute Gasteiger partial charge is 0.255 e. The molecule has 0 radical (unpaired) electrons. The van der Waals surface area contributed by atoms with Crippen molar-refractivity contribution in [2.45, 2.75) is 6.92 Å². The standard InChI is InChI=1S/C18H23N3O/c1-14-5-4-6-15(13-14)18(22)20-17-9-7-16(8-10-17)19-11-12-21(2)3/h4-10,13,19H,11-12H2,1-3H3,(H,20,22). The van der Waals surface area contributed by atoms with Crippen LogP contribution in [0.3, 0.4) is 0 Å². The Bertz CT molecular complexity index is 620. The van der Waals surface area contributed by atoms with Gasteiger partial charge >= 0.3 is 0 Å². The van der Waals surface area contributed by atoms with Gasteiger partial charge in [0.25, 0.3) is 5.91 Å². The van der Waals surface area contributed by atoms with Crippen LogP contribution < -0.4 is 10.6 Å². The summed E-state index contributed by atoms with van der Waals surface area (Å²) >= 11 is 0. The van der Waals surface area contributed by atoms with Crippen LogP contribution in [0.5, 0.6) is 0 Å². The van der Waals surface area contributed by atoms with Gasteiger partial charge in [0.15, 0.2) is 0 Å². The lowest BCUT2D eigenvalue weighted by atomic mass is 10.1. The summed E-state index contributed by atoms with van der Waals surface area (Å²) < 4.78 is 0. The van der Waals surface area contributed by atoms with E-state index in [2.05, 4.69) is 15.5 Å². The van der Waals surface area contributed by atoms with Gasteiger partial charge in [0, 0.05) is 30.0 Å². The summed E-state index contributed by atoms with van der Waals surface area (Å²) in [6.45, 7) is 3.85. The number of rotatable bonds is 6. The molecule has 0 aliphatic carbocycles. The van der Waals surface area contributed by atoms with Crippen molar-refractivity contribution in [1.29, 1.82) is 0 Å². The Labute approximate surface area is 132 Å². The molecule has 22 heavy (non-hydrogen) atoms. The third-order valence-electron chi connectivity index (χ3n) is 3.31. The Hall–Kier alpha value is -2.33. The molecule has 0 bridgehead atoms. The number of nitrogens with zero attached hydrogens (tertiary/aromatic N) is 1. The summed E-state index contributed by atoms with van der Waals surface area (Å²) in [5.74, 6) is -0.0861. The average molecular weight is 297 g/mol. The fourth-order valence-electron chi connectivity index (χ4n) is 2.08. The number of aryl methyl sites for hydroxylation is 1. The van der Waals surface area contributed by atoms with Crippen molar-refractivity contribution in [3.63, 3.8) is 0 Å². The van der Waals surface area contributed by atoms with Gasteiger partial charge in [-0.05, 0) is 57.4 Å². The predicted octanol–water partition coefficient (Wildman–Crippen LogP) is 3.22.